The van der Waals surface area contributed by atoms with Crippen LogP contribution in [0.1, 0.15) is 10.5 Å². The zero-order valence-electron chi connectivity index (χ0n) is 10.3. The first-order chi connectivity index (χ1) is 9.77. The molecule has 0 aliphatic rings. The van der Waals surface area contributed by atoms with E-state index in [9.17, 15) is 9.90 Å². The van der Waals surface area contributed by atoms with Gasteiger partial charge >= 0.3 is 5.97 Å². The lowest BCUT2D eigenvalue weighted by atomic mass is 10.0. The maximum Gasteiger partial charge on any atom is 0.355 e. The average Bonchev–Trinajstić information content (AvgIpc) is 2.93. The summed E-state index contributed by atoms with van der Waals surface area (Å²) in [7, 11) is 0. The van der Waals surface area contributed by atoms with Crippen molar-refractivity contribution in [2.24, 2.45) is 0 Å². The van der Waals surface area contributed by atoms with Crippen LogP contribution in [0.4, 0.5) is 0 Å². The maximum atomic E-state index is 11.4. The third kappa shape index (κ3) is 1.29. The SMILES string of the molecule is O=C(O)c1ncc2c3ccc[nH]c3c3ncccc3c12. The van der Waals surface area contributed by atoms with E-state index < -0.39 is 5.97 Å². The smallest absolute Gasteiger partial charge is 0.355 e. The Morgan fingerprint density at radius 3 is 2.80 bits per heavy atom. The molecule has 2 N–H and O–H groups in total. The Balaban J connectivity index is 2.41. The number of benzene rings is 1. The zero-order valence-corrected chi connectivity index (χ0v) is 10.3. The van der Waals surface area contributed by atoms with Crippen molar-refractivity contribution in [3.05, 3.63) is 48.5 Å². The van der Waals surface area contributed by atoms with Crippen molar-refractivity contribution < 1.29 is 9.90 Å². The molecule has 5 nitrogen and oxygen atoms in total. The summed E-state index contributed by atoms with van der Waals surface area (Å²) in [6.45, 7) is 0. The summed E-state index contributed by atoms with van der Waals surface area (Å²) in [6, 6.07) is 7.49. The van der Waals surface area contributed by atoms with Gasteiger partial charge in [-0.1, -0.05) is 12.1 Å². The number of rotatable bonds is 1. The Labute approximate surface area is 112 Å². The number of carbonyl (C=O) groups is 1. The van der Waals surface area contributed by atoms with E-state index in [1.807, 2.05) is 24.4 Å². The van der Waals surface area contributed by atoms with Crippen molar-refractivity contribution in [2.75, 3.05) is 0 Å². The first-order valence-electron chi connectivity index (χ1n) is 6.13. The number of pyridine rings is 2. The standard InChI is InChI=1S/C15H9N3O2/c19-15(20)14-11-9-4-2-6-17-13(9)12-8(3-1-5-16-12)10(11)7-18-14/h1-7,16H,(H,19,20). The van der Waals surface area contributed by atoms with Gasteiger partial charge in [-0.2, -0.15) is 0 Å². The van der Waals surface area contributed by atoms with Crippen molar-refractivity contribution in [3.8, 4) is 0 Å². The van der Waals surface area contributed by atoms with Crippen LogP contribution in [0.15, 0.2) is 42.9 Å². The van der Waals surface area contributed by atoms with Gasteiger partial charge in [-0.15, -0.1) is 0 Å². The summed E-state index contributed by atoms with van der Waals surface area (Å²) in [6.07, 6.45) is 5.14. The molecule has 0 radical (unpaired) electrons. The number of carboxylic acid groups (broad SMARTS) is 1. The summed E-state index contributed by atoms with van der Waals surface area (Å²) >= 11 is 0. The van der Waals surface area contributed by atoms with Gasteiger partial charge in [0.25, 0.3) is 0 Å². The monoisotopic (exact) mass is 263 g/mol. The number of aromatic nitrogens is 3. The molecule has 3 aromatic heterocycles. The largest absolute Gasteiger partial charge is 0.476 e. The van der Waals surface area contributed by atoms with Gasteiger partial charge in [0.2, 0.25) is 0 Å². The third-order valence-electron chi connectivity index (χ3n) is 3.49. The number of carboxylic acids is 1. The molecule has 0 amide bonds. The van der Waals surface area contributed by atoms with Gasteiger partial charge in [0.05, 0.1) is 11.0 Å². The summed E-state index contributed by atoms with van der Waals surface area (Å²) in [4.78, 5) is 23.0. The van der Waals surface area contributed by atoms with Crippen LogP contribution in [0.3, 0.4) is 0 Å². The van der Waals surface area contributed by atoms with Crippen LogP contribution in [-0.2, 0) is 0 Å². The summed E-state index contributed by atoms with van der Waals surface area (Å²) in [5.74, 6) is -1.02. The number of aromatic carboxylic acids is 1. The van der Waals surface area contributed by atoms with Crippen LogP contribution >= 0.6 is 0 Å². The Bertz CT molecular complexity index is 988. The van der Waals surface area contributed by atoms with Crippen LogP contribution in [0.25, 0.3) is 32.6 Å². The first-order valence-corrected chi connectivity index (χ1v) is 6.13. The number of aromatic amines is 1. The topological polar surface area (TPSA) is 78.9 Å². The summed E-state index contributed by atoms with van der Waals surface area (Å²) < 4.78 is 0. The van der Waals surface area contributed by atoms with Crippen LogP contribution in [0.2, 0.25) is 0 Å². The summed E-state index contributed by atoms with van der Waals surface area (Å²) in [5, 5.41) is 12.5. The van der Waals surface area contributed by atoms with Crippen LogP contribution in [0.5, 0.6) is 0 Å². The number of hydrogen-bond acceptors (Lipinski definition) is 3. The lowest BCUT2D eigenvalue weighted by Crippen LogP contribution is -1.97. The molecule has 4 rings (SSSR count). The van der Waals surface area contributed by atoms with Gasteiger partial charge in [0.15, 0.2) is 5.69 Å². The number of hydrogen-bond donors (Lipinski definition) is 2. The van der Waals surface area contributed by atoms with Gasteiger partial charge in [-0.3, -0.25) is 4.98 Å². The van der Waals surface area contributed by atoms with E-state index in [0.717, 1.165) is 27.2 Å². The molecule has 0 saturated heterocycles. The number of nitrogens with one attached hydrogen (secondary N) is 1. The van der Waals surface area contributed by atoms with E-state index in [0.29, 0.717) is 5.39 Å². The minimum Gasteiger partial charge on any atom is -0.476 e. The molecule has 1 aromatic carbocycles. The number of nitrogens with zero attached hydrogens (tertiary/aromatic N) is 2. The molecule has 0 bridgehead atoms. The van der Waals surface area contributed by atoms with Crippen molar-refractivity contribution >= 4 is 38.5 Å². The Kier molecular flexibility index (Phi) is 2.06. The molecule has 0 saturated carbocycles. The third-order valence-corrected chi connectivity index (χ3v) is 3.49. The van der Waals surface area contributed by atoms with Gasteiger partial charge < -0.3 is 10.1 Å². The van der Waals surface area contributed by atoms with E-state index in [2.05, 4.69) is 15.0 Å². The predicted molar refractivity (Wildman–Crippen MR) is 75.9 cm³/mol. The minimum atomic E-state index is -1.02. The molecular formula is C15H9N3O2. The van der Waals surface area contributed by atoms with E-state index >= 15 is 0 Å². The van der Waals surface area contributed by atoms with E-state index in [1.54, 1.807) is 18.5 Å². The molecule has 0 spiro atoms. The molecule has 20 heavy (non-hydrogen) atoms. The van der Waals surface area contributed by atoms with Crippen LogP contribution in [-0.4, -0.2) is 26.0 Å². The molecule has 0 fully saturated rings. The van der Waals surface area contributed by atoms with Gasteiger partial charge in [-0.25, -0.2) is 9.78 Å². The second-order valence-electron chi connectivity index (χ2n) is 4.56. The normalized spacial score (nSPS) is 11.4. The molecule has 4 aromatic rings. The van der Waals surface area contributed by atoms with Crippen molar-refractivity contribution in [1.82, 2.24) is 15.0 Å². The van der Waals surface area contributed by atoms with Crippen LogP contribution < -0.4 is 0 Å². The Hall–Kier alpha value is -2.95. The molecule has 3 heterocycles. The fourth-order valence-corrected chi connectivity index (χ4v) is 2.69. The second-order valence-corrected chi connectivity index (χ2v) is 4.56. The highest BCUT2D eigenvalue weighted by molar-refractivity contribution is 6.26. The highest BCUT2D eigenvalue weighted by Crippen LogP contribution is 2.34. The number of fused-ring (bicyclic) bond motifs is 6. The highest BCUT2D eigenvalue weighted by atomic mass is 16.4. The summed E-state index contributed by atoms with van der Waals surface area (Å²) in [5.41, 5.74) is 1.72. The zero-order chi connectivity index (χ0) is 13.7. The van der Waals surface area contributed by atoms with Crippen molar-refractivity contribution in [1.29, 1.82) is 0 Å². The molecule has 0 unspecified atom stereocenters. The first kappa shape index (κ1) is 10.9. The average molecular weight is 263 g/mol. The molecule has 96 valence electrons. The lowest BCUT2D eigenvalue weighted by molar-refractivity contribution is 0.0693. The molecule has 0 aliphatic heterocycles. The van der Waals surface area contributed by atoms with Gasteiger partial charge in [-0.05, 0) is 12.1 Å². The Morgan fingerprint density at radius 1 is 1.10 bits per heavy atom. The van der Waals surface area contributed by atoms with Crippen molar-refractivity contribution in [2.45, 2.75) is 0 Å². The van der Waals surface area contributed by atoms with E-state index in [1.165, 1.54) is 0 Å². The Morgan fingerprint density at radius 2 is 1.95 bits per heavy atom. The van der Waals surface area contributed by atoms with Crippen molar-refractivity contribution in [3.63, 3.8) is 0 Å². The maximum absolute atomic E-state index is 11.4. The predicted octanol–water partition coefficient (Wildman–Crippen LogP) is 2.96. The van der Waals surface area contributed by atoms with Gasteiger partial charge in [0, 0.05) is 40.1 Å². The molecular weight excluding hydrogens is 254 g/mol. The number of H-pyrrole nitrogens is 1. The van der Waals surface area contributed by atoms with Gasteiger partial charge in [0.1, 0.15) is 0 Å². The second kappa shape index (κ2) is 3.77. The molecule has 0 atom stereocenters. The fourth-order valence-electron chi connectivity index (χ4n) is 2.69. The van der Waals surface area contributed by atoms with E-state index in [4.69, 9.17) is 0 Å². The molecule has 5 heteroatoms. The van der Waals surface area contributed by atoms with Crippen LogP contribution in [0, 0.1) is 0 Å². The molecule has 0 aliphatic carbocycles. The quantitative estimate of drug-likeness (QED) is 0.517. The fraction of sp³-hybridized carbons (Fsp3) is 0. The van der Waals surface area contributed by atoms with E-state index in [-0.39, 0.29) is 5.69 Å². The lowest BCUT2D eigenvalue weighted by Gasteiger charge is -2.06. The minimum absolute atomic E-state index is 0.0729. The highest BCUT2D eigenvalue weighted by Gasteiger charge is 2.18.